The smallest absolute Gasteiger partial charge is 0.123 e. The van der Waals surface area contributed by atoms with Gasteiger partial charge in [-0.3, -0.25) is 0 Å². The molecule has 1 N–H and O–H groups in total. The van der Waals surface area contributed by atoms with Gasteiger partial charge in [-0.15, -0.1) is 0 Å². The van der Waals surface area contributed by atoms with Gasteiger partial charge in [0.1, 0.15) is 12.9 Å². The molecule has 2 rings (SSSR count). The van der Waals surface area contributed by atoms with Gasteiger partial charge >= 0.3 is 0 Å². The fourth-order valence-corrected chi connectivity index (χ4v) is 3.07. The van der Waals surface area contributed by atoms with Crippen LogP contribution in [0.5, 0.6) is 5.75 Å². The molecule has 0 aliphatic heterocycles. The Hall–Kier alpha value is -1.51. The molecule has 0 unspecified atom stereocenters. The van der Waals surface area contributed by atoms with Crippen LogP contribution in [0.4, 0.5) is 0 Å². The van der Waals surface area contributed by atoms with E-state index < -0.39 is 0 Å². The van der Waals surface area contributed by atoms with E-state index in [2.05, 4.69) is 58.8 Å². The number of nitrogens with zero attached hydrogens (tertiary/aromatic N) is 1. The molecule has 23 heavy (non-hydrogen) atoms. The topological polar surface area (TPSA) is 41.8 Å². The minimum Gasteiger partial charge on any atom is -0.507 e. The zero-order valence-electron chi connectivity index (χ0n) is 15.7. The highest BCUT2D eigenvalue weighted by Crippen LogP contribution is 2.41. The Labute approximate surface area is 140 Å². The Kier molecular flexibility index (Phi) is 4.79. The van der Waals surface area contributed by atoms with Gasteiger partial charge < -0.3 is 9.94 Å². The number of phenols is 1. The number of rotatable bonds is 3. The van der Waals surface area contributed by atoms with Crippen molar-refractivity contribution in [2.45, 2.75) is 71.6 Å². The van der Waals surface area contributed by atoms with Gasteiger partial charge in [0.15, 0.2) is 0 Å². The van der Waals surface area contributed by atoms with Crippen LogP contribution >= 0.6 is 0 Å². The van der Waals surface area contributed by atoms with Crippen LogP contribution in [0.25, 0.3) is 0 Å². The lowest BCUT2D eigenvalue weighted by molar-refractivity contribution is 0.208. The molecule has 3 nitrogen and oxygen atoms in total. The number of phenolic OH excluding ortho intramolecular Hbond substituents is 1. The summed E-state index contributed by atoms with van der Waals surface area (Å²) in [6.45, 7) is 12.8. The highest BCUT2D eigenvalue weighted by molar-refractivity contribution is 6.03. The molecule has 0 atom stereocenters. The molecule has 1 saturated carbocycles. The first-order valence-electron chi connectivity index (χ1n) is 8.55. The minimum absolute atomic E-state index is 0.127. The van der Waals surface area contributed by atoms with Gasteiger partial charge in [-0.05, 0) is 35.8 Å². The molecular weight excluding hydrogens is 286 g/mol. The first-order valence-corrected chi connectivity index (χ1v) is 8.55. The normalized spacial score (nSPS) is 17.1. The number of benzene rings is 1. The van der Waals surface area contributed by atoms with Gasteiger partial charge in [0, 0.05) is 22.6 Å². The Balaban J connectivity index is 2.66. The molecule has 1 aromatic carbocycles. The lowest BCUT2D eigenvalue weighted by Crippen LogP contribution is -2.25. The highest BCUT2D eigenvalue weighted by Gasteiger charge is 2.31. The molecule has 0 spiro atoms. The average molecular weight is 317 g/mol. The Morgan fingerprint density at radius 2 is 1.52 bits per heavy atom. The first-order chi connectivity index (χ1) is 10.6. The standard InChI is InChI=1S/C20H31NO2/c1-19(2,3)15-11-14(12-16(18(15)22)20(4,5)6)17(21-23-7)13-9-8-10-13/h11-13,22H,8-10H2,1-7H3/b21-17-. The van der Waals surface area contributed by atoms with E-state index in [1.165, 1.54) is 19.3 Å². The van der Waals surface area contributed by atoms with Gasteiger partial charge in [0.2, 0.25) is 0 Å². The summed E-state index contributed by atoms with van der Waals surface area (Å²) in [5.74, 6) is 0.888. The molecule has 128 valence electrons. The van der Waals surface area contributed by atoms with Gasteiger partial charge in [0.05, 0.1) is 5.71 Å². The van der Waals surface area contributed by atoms with Crippen LogP contribution in [0.3, 0.4) is 0 Å². The lowest BCUT2D eigenvalue weighted by atomic mass is 9.74. The molecule has 1 fully saturated rings. The summed E-state index contributed by atoms with van der Waals surface area (Å²) < 4.78 is 0. The van der Waals surface area contributed by atoms with E-state index in [1.807, 2.05) is 0 Å². The molecule has 1 aliphatic rings. The van der Waals surface area contributed by atoms with Crippen LogP contribution in [0.2, 0.25) is 0 Å². The molecule has 0 radical (unpaired) electrons. The van der Waals surface area contributed by atoms with Crippen LogP contribution in [-0.2, 0) is 15.7 Å². The van der Waals surface area contributed by atoms with Crippen LogP contribution in [0.1, 0.15) is 77.5 Å². The average Bonchev–Trinajstić information content (AvgIpc) is 2.33. The summed E-state index contributed by atoms with van der Waals surface area (Å²) >= 11 is 0. The van der Waals surface area contributed by atoms with Crippen molar-refractivity contribution in [1.29, 1.82) is 0 Å². The number of oxime groups is 1. The summed E-state index contributed by atoms with van der Waals surface area (Å²) in [6.07, 6.45) is 3.58. The number of hydrogen-bond donors (Lipinski definition) is 1. The van der Waals surface area contributed by atoms with Gasteiger partial charge in [0.25, 0.3) is 0 Å². The maximum atomic E-state index is 10.8. The zero-order chi connectivity index (χ0) is 17.4. The molecule has 0 bridgehead atoms. The Morgan fingerprint density at radius 1 is 1.04 bits per heavy atom. The van der Waals surface area contributed by atoms with E-state index in [0.29, 0.717) is 11.7 Å². The van der Waals surface area contributed by atoms with Crippen LogP contribution in [-0.4, -0.2) is 17.9 Å². The van der Waals surface area contributed by atoms with Crippen molar-refractivity contribution < 1.29 is 9.94 Å². The summed E-state index contributed by atoms with van der Waals surface area (Å²) in [5.41, 5.74) is 3.81. The predicted octanol–water partition coefficient (Wildman–Crippen LogP) is 5.14. The Bertz CT molecular complexity index is 564. The first kappa shape index (κ1) is 17.8. The summed E-state index contributed by atoms with van der Waals surface area (Å²) in [6, 6.07) is 4.20. The van der Waals surface area contributed by atoms with E-state index in [-0.39, 0.29) is 10.8 Å². The van der Waals surface area contributed by atoms with Crippen molar-refractivity contribution in [2.75, 3.05) is 7.11 Å². The molecule has 0 amide bonds. The van der Waals surface area contributed by atoms with Crippen molar-refractivity contribution >= 4 is 5.71 Å². The SMILES string of the molecule is CO/N=C(\c1cc(C(C)(C)C)c(O)c(C(C)(C)C)c1)C1CCC1. The third-order valence-corrected chi connectivity index (χ3v) is 4.70. The maximum Gasteiger partial charge on any atom is 0.123 e. The van der Waals surface area contributed by atoms with Crippen molar-refractivity contribution in [3.63, 3.8) is 0 Å². The summed E-state index contributed by atoms with van der Waals surface area (Å²) in [5, 5.41) is 15.2. The quantitative estimate of drug-likeness (QED) is 0.619. The highest BCUT2D eigenvalue weighted by atomic mass is 16.6. The monoisotopic (exact) mass is 317 g/mol. The maximum absolute atomic E-state index is 10.8. The van der Waals surface area contributed by atoms with E-state index in [4.69, 9.17) is 4.84 Å². The molecule has 1 aromatic rings. The lowest BCUT2D eigenvalue weighted by Gasteiger charge is -2.31. The predicted molar refractivity (Wildman–Crippen MR) is 96.4 cm³/mol. The van der Waals surface area contributed by atoms with E-state index >= 15 is 0 Å². The zero-order valence-corrected chi connectivity index (χ0v) is 15.7. The fourth-order valence-electron chi connectivity index (χ4n) is 3.07. The summed E-state index contributed by atoms with van der Waals surface area (Å²) in [7, 11) is 1.61. The second-order valence-electron chi connectivity index (χ2n) is 8.71. The molecular formula is C20H31NO2. The van der Waals surface area contributed by atoms with Crippen molar-refractivity contribution in [2.24, 2.45) is 11.1 Å². The van der Waals surface area contributed by atoms with E-state index in [0.717, 1.165) is 22.4 Å². The largest absolute Gasteiger partial charge is 0.507 e. The van der Waals surface area contributed by atoms with E-state index in [1.54, 1.807) is 7.11 Å². The van der Waals surface area contributed by atoms with Crippen molar-refractivity contribution in [3.05, 3.63) is 28.8 Å². The third kappa shape index (κ3) is 3.70. The molecule has 1 aliphatic carbocycles. The van der Waals surface area contributed by atoms with Crippen LogP contribution in [0.15, 0.2) is 17.3 Å². The number of aromatic hydroxyl groups is 1. The van der Waals surface area contributed by atoms with Crippen LogP contribution in [0, 0.1) is 5.92 Å². The van der Waals surface area contributed by atoms with Crippen LogP contribution < -0.4 is 0 Å². The number of hydrogen-bond acceptors (Lipinski definition) is 3. The minimum atomic E-state index is -0.127. The second kappa shape index (κ2) is 6.18. The second-order valence-corrected chi connectivity index (χ2v) is 8.71. The van der Waals surface area contributed by atoms with Crippen molar-refractivity contribution in [1.82, 2.24) is 0 Å². The fraction of sp³-hybridized carbons (Fsp3) is 0.650. The molecule has 0 aromatic heterocycles. The van der Waals surface area contributed by atoms with Gasteiger partial charge in [-0.2, -0.15) is 0 Å². The van der Waals surface area contributed by atoms with Crippen molar-refractivity contribution in [3.8, 4) is 5.75 Å². The Morgan fingerprint density at radius 3 is 1.83 bits per heavy atom. The van der Waals surface area contributed by atoms with Gasteiger partial charge in [-0.1, -0.05) is 53.1 Å². The summed E-state index contributed by atoms with van der Waals surface area (Å²) in [4.78, 5) is 5.12. The molecule has 0 heterocycles. The third-order valence-electron chi connectivity index (χ3n) is 4.70. The van der Waals surface area contributed by atoms with Gasteiger partial charge in [-0.25, -0.2) is 0 Å². The molecule has 3 heteroatoms. The molecule has 0 saturated heterocycles. The van der Waals surface area contributed by atoms with E-state index in [9.17, 15) is 5.11 Å².